The highest BCUT2D eigenvalue weighted by molar-refractivity contribution is 6.35. The molecule has 1 saturated heterocycles. The van der Waals surface area contributed by atoms with Crippen molar-refractivity contribution in [3.63, 3.8) is 0 Å². The standard InChI is InChI=1S/C23H27Cl2N3O2/c1-2-11-26-23(30)19-7-3-4-8-21(19)27-22(29)17-6-5-12-28(15-17)14-16-9-10-18(24)13-20(16)25/h3-4,7-10,13,17H,2,5-6,11-12,14-15H2,1H3,(H,26,30)(H,27,29). The molecule has 0 aromatic heterocycles. The fourth-order valence-electron chi connectivity index (χ4n) is 3.66. The highest BCUT2D eigenvalue weighted by atomic mass is 35.5. The molecule has 3 rings (SSSR count). The molecule has 7 heteroatoms. The molecule has 1 heterocycles. The Bertz CT molecular complexity index is 904. The predicted octanol–water partition coefficient (Wildman–Crippen LogP) is 4.98. The fourth-order valence-corrected chi connectivity index (χ4v) is 4.13. The molecule has 2 N–H and O–H groups in total. The van der Waals surface area contributed by atoms with Crippen LogP contribution in [-0.4, -0.2) is 36.3 Å². The summed E-state index contributed by atoms with van der Waals surface area (Å²) in [6.45, 7) is 4.84. The Balaban J connectivity index is 1.64. The summed E-state index contributed by atoms with van der Waals surface area (Å²) in [6, 6.07) is 12.6. The van der Waals surface area contributed by atoms with Crippen LogP contribution in [0.4, 0.5) is 5.69 Å². The van der Waals surface area contributed by atoms with Crippen LogP contribution in [0.25, 0.3) is 0 Å². The second kappa shape index (κ2) is 10.8. The predicted molar refractivity (Wildman–Crippen MR) is 122 cm³/mol. The van der Waals surface area contributed by atoms with Crippen LogP contribution < -0.4 is 10.6 Å². The number of amides is 2. The Morgan fingerprint density at radius 1 is 1.17 bits per heavy atom. The van der Waals surface area contributed by atoms with E-state index in [0.29, 0.717) is 40.9 Å². The van der Waals surface area contributed by atoms with Gasteiger partial charge in [0.25, 0.3) is 5.91 Å². The van der Waals surface area contributed by atoms with Crippen LogP contribution in [0.2, 0.25) is 10.0 Å². The number of anilines is 1. The van der Waals surface area contributed by atoms with Crippen LogP contribution in [-0.2, 0) is 11.3 Å². The number of nitrogens with zero attached hydrogens (tertiary/aromatic N) is 1. The summed E-state index contributed by atoms with van der Waals surface area (Å²) in [6.07, 6.45) is 2.61. The maximum Gasteiger partial charge on any atom is 0.253 e. The minimum Gasteiger partial charge on any atom is -0.352 e. The molecule has 0 aliphatic carbocycles. The van der Waals surface area contributed by atoms with E-state index in [1.807, 2.05) is 25.1 Å². The summed E-state index contributed by atoms with van der Waals surface area (Å²) in [5, 5.41) is 7.09. The number of rotatable bonds is 7. The number of likely N-dealkylation sites (tertiary alicyclic amines) is 1. The second-order valence-electron chi connectivity index (χ2n) is 7.60. The first-order valence-corrected chi connectivity index (χ1v) is 11.1. The first kappa shape index (κ1) is 22.6. The lowest BCUT2D eigenvalue weighted by Crippen LogP contribution is -2.40. The van der Waals surface area contributed by atoms with Gasteiger partial charge in [-0.1, -0.05) is 48.3 Å². The van der Waals surface area contributed by atoms with Gasteiger partial charge in [-0.05, 0) is 55.6 Å². The van der Waals surface area contributed by atoms with E-state index in [1.54, 1.807) is 24.3 Å². The zero-order chi connectivity index (χ0) is 21.5. The van der Waals surface area contributed by atoms with E-state index in [2.05, 4.69) is 15.5 Å². The van der Waals surface area contributed by atoms with Crippen molar-refractivity contribution in [2.24, 2.45) is 5.92 Å². The highest BCUT2D eigenvalue weighted by Gasteiger charge is 2.27. The molecule has 0 saturated carbocycles. The van der Waals surface area contributed by atoms with Crippen molar-refractivity contribution < 1.29 is 9.59 Å². The van der Waals surface area contributed by atoms with E-state index in [-0.39, 0.29) is 17.7 Å². The lowest BCUT2D eigenvalue weighted by Gasteiger charge is -2.32. The van der Waals surface area contributed by atoms with E-state index < -0.39 is 0 Å². The molecule has 1 unspecified atom stereocenters. The summed E-state index contributed by atoms with van der Waals surface area (Å²) in [5.74, 6) is -0.371. The molecule has 1 fully saturated rings. The summed E-state index contributed by atoms with van der Waals surface area (Å²) < 4.78 is 0. The third-order valence-electron chi connectivity index (χ3n) is 5.25. The maximum absolute atomic E-state index is 13.0. The number of carbonyl (C=O) groups excluding carboxylic acids is 2. The number of para-hydroxylation sites is 1. The SMILES string of the molecule is CCCNC(=O)c1ccccc1NC(=O)C1CCCN(Cc2ccc(Cl)cc2Cl)C1. The molecule has 30 heavy (non-hydrogen) atoms. The van der Waals surface area contributed by atoms with Crippen LogP contribution in [0.15, 0.2) is 42.5 Å². The van der Waals surface area contributed by atoms with Gasteiger partial charge in [-0.25, -0.2) is 0 Å². The van der Waals surface area contributed by atoms with Crippen LogP contribution in [0.1, 0.15) is 42.1 Å². The van der Waals surface area contributed by atoms with Crippen molar-refractivity contribution in [1.29, 1.82) is 0 Å². The van der Waals surface area contributed by atoms with Crippen LogP contribution >= 0.6 is 23.2 Å². The molecule has 0 radical (unpaired) electrons. The molecule has 5 nitrogen and oxygen atoms in total. The molecule has 1 aliphatic rings. The number of hydrogen-bond acceptors (Lipinski definition) is 3. The van der Waals surface area contributed by atoms with Gasteiger partial charge >= 0.3 is 0 Å². The lowest BCUT2D eigenvalue weighted by atomic mass is 9.96. The Morgan fingerprint density at radius 2 is 1.97 bits per heavy atom. The molecule has 1 atom stereocenters. The van der Waals surface area contributed by atoms with Gasteiger partial charge in [0.2, 0.25) is 5.91 Å². The molecule has 1 aliphatic heterocycles. The Hall–Kier alpha value is -2.08. The quantitative estimate of drug-likeness (QED) is 0.628. The summed E-state index contributed by atoms with van der Waals surface area (Å²) in [7, 11) is 0. The average molecular weight is 448 g/mol. The van der Waals surface area contributed by atoms with E-state index >= 15 is 0 Å². The molecular formula is C23H27Cl2N3O2. The number of nitrogens with one attached hydrogen (secondary N) is 2. The number of halogens is 2. The minimum absolute atomic E-state index is 0.0577. The minimum atomic E-state index is -0.171. The normalized spacial score (nSPS) is 16.8. The third kappa shape index (κ3) is 5.97. The van der Waals surface area contributed by atoms with E-state index in [4.69, 9.17) is 23.2 Å². The van der Waals surface area contributed by atoms with Crippen LogP contribution in [0.5, 0.6) is 0 Å². The number of piperidine rings is 1. The summed E-state index contributed by atoms with van der Waals surface area (Å²) in [4.78, 5) is 27.6. The molecule has 2 amide bonds. The maximum atomic E-state index is 13.0. The molecule has 160 valence electrons. The number of carbonyl (C=O) groups is 2. The van der Waals surface area contributed by atoms with Gasteiger partial charge < -0.3 is 10.6 Å². The van der Waals surface area contributed by atoms with Gasteiger partial charge in [0.1, 0.15) is 0 Å². The third-order valence-corrected chi connectivity index (χ3v) is 5.84. The first-order valence-electron chi connectivity index (χ1n) is 10.3. The van der Waals surface area contributed by atoms with E-state index in [9.17, 15) is 9.59 Å². The van der Waals surface area contributed by atoms with Gasteiger partial charge in [0.05, 0.1) is 17.2 Å². The number of benzene rings is 2. The molecule has 2 aromatic carbocycles. The van der Waals surface area contributed by atoms with Gasteiger partial charge in [-0.3, -0.25) is 14.5 Å². The topological polar surface area (TPSA) is 61.4 Å². The van der Waals surface area contributed by atoms with Crippen molar-refractivity contribution in [1.82, 2.24) is 10.2 Å². The smallest absolute Gasteiger partial charge is 0.253 e. The Labute approximate surface area is 187 Å². The lowest BCUT2D eigenvalue weighted by molar-refractivity contribution is -0.121. The van der Waals surface area contributed by atoms with Gasteiger partial charge in [0.15, 0.2) is 0 Å². The average Bonchev–Trinajstić information content (AvgIpc) is 2.74. The fraction of sp³-hybridized carbons (Fsp3) is 0.391. The zero-order valence-electron chi connectivity index (χ0n) is 17.1. The summed E-state index contributed by atoms with van der Waals surface area (Å²) >= 11 is 12.3. The highest BCUT2D eigenvalue weighted by Crippen LogP contribution is 2.26. The van der Waals surface area contributed by atoms with Crippen LogP contribution in [0.3, 0.4) is 0 Å². The number of hydrogen-bond donors (Lipinski definition) is 2. The van der Waals surface area contributed by atoms with Crippen molar-refractivity contribution in [3.05, 3.63) is 63.6 Å². The monoisotopic (exact) mass is 447 g/mol. The van der Waals surface area contributed by atoms with Crippen molar-refractivity contribution in [2.75, 3.05) is 25.0 Å². The first-order chi connectivity index (χ1) is 14.5. The second-order valence-corrected chi connectivity index (χ2v) is 8.44. The molecule has 0 spiro atoms. The van der Waals surface area contributed by atoms with E-state index in [0.717, 1.165) is 31.4 Å². The Kier molecular flexibility index (Phi) is 8.14. The summed E-state index contributed by atoms with van der Waals surface area (Å²) in [5.41, 5.74) is 2.04. The molecule has 0 bridgehead atoms. The van der Waals surface area contributed by atoms with Crippen LogP contribution in [0, 0.1) is 5.92 Å². The molecular weight excluding hydrogens is 421 g/mol. The largest absolute Gasteiger partial charge is 0.352 e. The van der Waals surface area contributed by atoms with Gasteiger partial charge in [0, 0.05) is 29.7 Å². The van der Waals surface area contributed by atoms with Gasteiger partial charge in [-0.2, -0.15) is 0 Å². The van der Waals surface area contributed by atoms with Crippen molar-refractivity contribution >= 4 is 40.7 Å². The van der Waals surface area contributed by atoms with Crippen molar-refractivity contribution in [3.8, 4) is 0 Å². The molecule has 2 aromatic rings. The van der Waals surface area contributed by atoms with Gasteiger partial charge in [-0.15, -0.1) is 0 Å². The van der Waals surface area contributed by atoms with E-state index in [1.165, 1.54) is 0 Å². The van der Waals surface area contributed by atoms with Crippen molar-refractivity contribution in [2.45, 2.75) is 32.7 Å². The zero-order valence-corrected chi connectivity index (χ0v) is 18.6. The Morgan fingerprint density at radius 3 is 2.73 bits per heavy atom.